The van der Waals surface area contributed by atoms with Gasteiger partial charge in [0.25, 0.3) is 0 Å². The summed E-state index contributed by atoms with van der Waals surface area (Å²) in [6.07, 6.45) is 3.31. The lowest BCUT2D eigenvalue weighted by atomic mass is 10.2. The van der Waals surface area contributed by atoms with Gasteiger partial charge in [0.2, 0.25) is 0 Å². The van der Waals surface area contributed by atoms with Crippen molar-refractivity contribution >= 4 is 76.1 Å². The van der Waals surface area contributed by atoms with Crippen LogP contribution in [0.3, 0.4) is 0 Å². The first kappa shape index (κ1) is 21.6. The Hall–Kier alpha value is -1.10. The van der Waals surface area contributed by atoms with Crippen LogP contribution in [0.15, 0.2) is 52.4 Å². The van der Waals surface area contributed by atoms with Crippen molar-refractivity contribution in [1.29, 1.82) is 0 Å². The van der Waals surface area contributed by atoms with E-state index in [-0.39, 0.29) is 11.5 Å². The third-order valence-electron chi connectivity index (χ3n) is 4.07. The summed E-state index contributed by atoms with van der Waals surface area (Å²) in [4.78, 5) is 0. The summed E-state index contributed by atoms with van der Waals surface area (Å²) < 4.78 is 2.95. The van der Waals surface area contributed by atoms with Crippen molar-refractivity contribution < 1.29 is 10.2 Å². The van der Waals surface area contributed by atoms with Gasteiger partial charge in [-0.1, -0.05) is 31.9 Å². The quantitative estimate of drug-likeness (QED) is 0.455. The number of piperazine rings is 1. The van der Waals surface area contributed by atoms with Gasteiger partial charge in [0, 0.05) is 20.1 Å². The first-order valence-electron chi connectivity index (χ1n) is 8.27. The van der Waals surface area contributed by atoms with Crippen LogP contribution in [0.25, 0.3) is 0 Å². The molecule has 2 N–H and O–H groups in total. The molecule has 0 saturated carbocycles. The van der Waals surface area contributed by atoms with Crippen LogP contribution in [-0.2, 0) is 0 Å². The second-order valence-electron chi connectivity index (χ2n) is 6.05. The summed E-state index contributed by atoms with van der Waals surface area (Å²) in [6.45, 7) is 2.83. The minimum atomic E-state index is 0.162. The standard InChI is InChI=1S/C18H16Br4N4O2/c19-13-5-11(17(27)15(21)7-13)9-23-25-1-2-26(4-3-25)24-10-12-6-14(20)8-16(22)18(12)28/h5-10,27-28H,1-4H2/b23-9-,24-10-. The van der Waals surface area contributed by atoms with E-state index in [4.69, 9.17) is 0 Å². The smallest absolute Gasteiger partial charge is 0.138 e. The maximum absolute atomic E-state index is 10.1. The largest absolute Gasteiger partial charge is 0.506 e. The molecule has 1 saturated heterocycles. The molecule has 1 heterocycles. The van der Waals surface area contributed by atoms with Crippen molar-refractivity contribution in [3.05, 3.63) is 53.3 Å². The van der Waals surface area contributed by atoms with Crippen molar-refractivity contribution in [3.8, 4) is 11.5 Å². The molecule has 2 aromatic rings. The summed E-state index contributed by atoms with van der Waals surface area (Å²) in [6, 6.07) is 7.19. The lowest BCUT2D eigenvalue weighted by molar-refractivity contribution is 0.141. The highest BCUT2D eigenvalue weighted by molar-refractivity contribution is 9.11. The van der Waals surface area contributed by atoms with E-state index >= 15 is 0 Å². The van der Waals surface area contributed by atoms with Crippen molar-refractivity contribution in [2.45, 2.75) is 0 Å². The third-order valence-corrected chi connectivity index (χ3v) is 6.19. The average molecular weight is 640 g/mol. The predicted molar refractivity (Wildman–Crippen MR) is 125 cm³/mol. The molecular weight excluding hydrogens is 624 g/mol. The van der Waals surface area contributed by atoms with Gasteiger partial charge in [0.1, 0.15) is 11.5 Å². The SMILES string of the molecule is Oc1c(Br)cc(Br)cc1/C=N\N1CCN(/N=C\c2cc(Br)cc(Br)c2O)CC1. The summed E-state index contributed by atoms with van der Waals surface area (Å²) >= 11 is 13.5. The number of phenols is 2. The Kier molecular flexibility index (Phi) is 7.41. The Morgan fingerprint density at radius 1 is 0.679 bits per heavy atom. The van der Waals surface area contributed by atoms with Crippen LogP contribution >= 0.6 is 63.7 Å². The fraction of sp³-hybridized carbons (Fsp3) is 0.222. The first-order valence-corrected chi connectivity index (χ1v) is 11.4. The molecule has 0 aromatic heterocycles. The summed E-state index contributed by atoms with van der Waals surface area (Å²) in [5.41, 5.74) is 1.27. The highest BCUT2D eigenvalue weighted by atomic mass is 79.9. The average Bonchev–Trinajstić information content (AvgIpc) is 2.66. The fourth-order valence-electron chi connectivity index (χ4n) is 2.57. The lowest BCUT2D eigenvalue weighted by Crippen LogP contribution is -2.41. The zero-order chi connectivity index (χ0) is 20.3. The molecule has 2 aromatic carbocycles. The number of hydrogen-bond donors (Lipinski definition) is 2. The van der Waals surface area contributed by atoms with Crippen molar-refractivity contribution in [2.24, 2.45) is 10.2 Å². The fourth-order valence-corrected chi connectivity index (χ4v) is 5.09. The van der Waals surface area contributed by atoms with Gasteiger partial charge in [-0.25, -0.2) is 0 Å². The molecule has 148 valence electrons. The normalized spacial score (nSPS) is 15.1. The van der Waals surface area contributed by atoms with Gasteiger partial charge in [0.05, 0.1) is 47.6 Å². The first-order chi connectivity index (χ1) is 13.3. The van der Waals surface area contributed by atoms with Gasteiger partial charge in [0.15, 0.2) is 0 Å². The number of halogens is 4. The number of aromatic hydroxyl groups is 2. The molecule has 0 atom stereocenters. The second kappa shape index (κ2) is 9.60. The van der Waals surface area contributed by atoms with Crippen LogP contribution in [-0.4, -0.2) is 58.8 Å². The van der Waals surface area contributed by atoms with E-state index in [1.165, 1.54) is 0 Å². The maximum atomic E-state index is 10.1. The zero-order valence-corrected chi connectivity index (χ0v) is 20.8. The highest BCUT2D eigenvalue weighted by Gasteiger charge is 2.14. The number of nitrogens with zero attached hydrogens (tertiary/aromatic N) is 4. The topological polar surface area (TPSA) is 71.7 Å². The van der Waals surface area contributed by atoms with Gasteiger partial charge >= 0.3 is 0 Å². The minimum absolute atomic E-state index is 0.162. The van der Waals surface area contributed by atoms with Gasteiger partial charge in [-0.3, -0.25) is 10.0 Å². The number of rotatable bonds is 4. The maximum Gasteiger partial charge on any atom is 0.138 e. The number of hydrazone groups is 2. The molecular formula is C18H16Br4N4O2. The lowest BCUT2D eigenvalue weighted by Gasteiger charge is -2.31. The summed E-state index contributed by atoms with van der Waals surface area (Å²) in [5.74, 6) is 0.324. The van der Waals surface area contributed by atoms with E-state index in [0.29, 0.717) is 46.3 Å². The van der Waals surface area contributed by atoms with Crippen molar-refractivity contribution in [3.63, 3.8) is 0 Å². The Balaban J connectivity index is 1.59. The van der Waals surface area contributed by atoms with Crippen LogP contribution in [0.5, 0.6) is 11.5 Å². The Labute approximate surface area is 196 Å². The molecule has 0 bridgehead atoms. The van der Waals surface area contributed by atoms with Crippen LogP contribution in [0.2, 0.25) is 0 Å². The molecule has 0 amide bonds. The molecule has 0 spiro atoms. The molecule has 1 aliphatic rings. The molecule has 10 heteroatoms. The summed E-state index contributed by atoms with van der Waals surface area (Å²) in [7, 11) is 0. The number of phenolic OH excluding ortho intramolecular Hbond substituents is 2. The van der Waals surface area contributed by atoms with Crippen molar-refractivity contribution in [1.82, 2.24) is 10.0 Å². The molecule has 28 heavy (non-hydrogen) atoms. The molecule has 0 radical (unpaired) electrons. The molecule has 1 aliphatic heterocycles. The van der Waals surface area contributed by atoms with E-state index in [1.807, 2.05) is 22.2 Å². The van der Waals surface area contributed by atoms with E-state index in [2.05, 4.69) is 73.9 Å². The molecule has 3 rings (SSSR count). The van der Waals surface area contributed by atoms with E-state index in [1.54, 1.807) is 24.6 Å². The van der Waals surface area contributed by atoms with E-state index in [9.17, 15) is 10.2 Å². The number of hydrogen-bond acceptors (Lipinski definition) is 6. The van der Waals surface area contributed by atoms with Gasteiger partial charge < -0.3 is 10.2 Å². The Morgan fingerprint density at radius 2 is 1.04 bits per heavy atom. The molecule has 0 unspecified atom stereocenters. The van der Waals surface area contributed by atoms with Crippen LogP contribution in [0.1, 0.15) is 11.1 Å². The highest BCUT2D eigenvalue weighted by Crippen LogP contribution is 2.31. The second-order valence-corrected chi connectivity index (χ2v) is 9.59. The number of benzene rings is 2. The summed E-state index contributed by atoms with van der Waals surface area (Å²) in [5, 5.41) is 33.0. The van der Waals surface area contributed by atoms with Crippen LogP contribution in [0, 0.1) is 0 Å². The van der Waals surface area contributed by atoms with Gasteiger partial charge in [-0.05, 0) is 56.1 Å². The van der Waals surface area contributed by atoms with Crippen molar-refractivity contribution in [2.75, 3.05) is 26.2 Å². The van der Waals surface area contributed by atoms with Crippen LogP contribution in [0.4, 0.5) is 0 Å². The molecule has 1 fully saturated rings. The minimum Gasteiger partial charge on any atom is -0.506 e. The Bertz CT molecular complexity index is 853. The van der Waals surface area contributed by atoms with Gasteiger partial charge in [-0.15, -0.1) is 0 Å². The Morgan fingerprint density at radius 3 is 1.39 bits per heavy atom. The molecule has 0 aliphatic carbocycles. The monoisotopic (exact) mass is 636 g/mol. The molecule has 6 nitrogen and oxygen atoms in total. The van der Waals surface area contributed by atoms with Gasteiger partial charge in [-0.2, -0.15) is 10.2 Å². The van der Waals surface area contributed by atoms with E-state index < -0.39 is 0 Å². The zero-order valence-electron chi connectivity index (χ0n) is 14.5. The van der Waals surface area contributed by atoms with Crippen LogP contribution < -0.4 is 0 Å². The third kappa shape index (κ3) is 5.49. The predicted octanol–water partition coefficient (Wildman–Crippen LogP) is 5.13. The van der Waals surface area contributed by atoms with E-state index in [0.717, 1.165) is 8.95 Å².